The second-order valence-corrected chi connectivity index (χ2v) is 12.0. The van der Waals surface area contributed by atoms with Crippen molar-refractivity contribution in [2.45, 2.75) is 85.5 Å². The lowest BCUT2D eigenvalue weighted by Crippen LogP contribution is -2.58. The summed E-state index contributed by atoms with van der Waals surface area (Å²) in [6.07, 6.45) is 15.9. The van der Waals surface area contributed by atoms with Gasteiger partial charge in [0.05, 0.1) is 0 Å². The molecule has 1 aromatic carbocycles. The quantitative estimate of drug-likeness (QED) is 0.487. The van der Waals surface area contributed by atoms with Crippen molar-refractivity contribution >= 4 is 17.5 Å². The maximum atomic E-state index is 14.1. The van der Waals surface area contributed by atoms with Crippen LogP contribution in [0.15, 0.2) is 42.1 Å². The van der Waals surface area contributed by atoms with Crippen molar-refractivity contribution in [2.75, 3.05) is 11.9 Å². The van der Waals surface area contributed by atoms with E-state index in [1.54, 1.807) is 12.2 Å². The van der Waals surface area contributed by atoms with Crippen LogP contribution in [0.3, 0.4) is 0 Å². The zero-order chi connectivity index (χ0) is 24.8. The summed E-state index contributed by atoms with van der Waals surface area (Å²) in [7, 11) is 0. The fourth-order valence-electron chi connectivity index (χ4n) is 8.09. The van der Waals surface area contributed by atoms with Gasteiger partial charge in [0.2, 0.25) is 0 Å². The van der Waals surface area contributed by atoms with Crippen LogP contribution < -0.4 is 5.32 Å². The average Bonchev–Trinajstić information content (AvgIpc) is 3.23. The molecule has 0 radical (unpaired) electrons. The minimum Gasteiger partial charge on any atom is -0.307 e. The van der Waals surface area contributed by atoms with E-state index >= 15 is 0 Å². The molecule has 1 heterocycles. The number of ketones is 1. The number of carbonyl (C=O) groups is 2. The Hall–Kier alpha value is -2.36. The summed E-state index contributed by atoms with van der Waals surface area (Å²) in [5.41, 5.74) is 4.43. The Balaban J connectivity index is 1.52. The van der Waals surface area contributed by atoms with Crippen LogP contribution in [0.5, 0.6) is 0 Å². The SMILES string of the molecule is CCCc1cccc(CCC)c1NC(=O)N1C[C@H]2[C@@H]3CCC[C@@]3(C)CC[C@@H]2[C@@]2(C)C=CC(=O)C=C12. The van der Waals surface area contributed by atoms with Crippen molar-refractivity contribution in [3.8, 4) is 0 Å². The lowest BCUT2D eigenvalue weighted by molar-refractivity contribution is -0.111. The molecular weight excluding hydrogens is 432 g/mol. The van der Waals surface area contributed by atoms with Gasteiger partial charge in [-0.3, -0.25) is 9.69 Å². The highest BCUT2D eigenvalue weighted by atomic mass is 16.2. The Morgan fingerprint density at radius 3 is 2.46 bits per heavy atom. The number of amides is 2. The van der Waals surface area contributed by atoms with Gasteiger partial charge in [-0.25, -0.2) is 4.79 Å². The Labute approximate surface area is 211 Å². The largest absolute Gasteiger partial charge is 0.326 e. The highest BCUT2D eigenvalue weighted by Crippen LogP contribution is 2.63. The first-order valence-corrected chi connectivity index (χ1v) is 14.0. The number of fused-ring (bicyclic) bond motifs is 5. The molecular formula is C31H42N2O2. The molecule has 3 aliphatic carbocycles. The molecule has 1 N–H and O–H groups in total. The molecule has 0 spiro atoms. The normalized spacial score (nSPS) is 33.6. The number of piperidine rings is 1. The van der Waals surface area contributed by atoms with Crippen LogP contribution >= 0.6 is 0 Å². The second-order valence-electron chi connectivity index (χ2n) is 12.0. The van der Waals surface area contributed by atoms with Crippen LogP contribution in [0.1, 0.15) is 83.8 Å². The Morgan fingerprint density at radius 1 is 1.06 bits per heavy atom. The van der Waals surface area contributed by atoms with Crippen LogP contribution in [0.4, 0.5) is 10.5 Å². The van der Waals surface area contributed by atoms with Gasteiger partial charge in [-0.1, -0.05) is 71.2 Å². The number of nitrogens with zero attached hydrogens (tertiary/aromatic N) is 1. The smallest absolute Gasteiger partial charge is 0.307 e. The van der Waals surface area contributed by atoms with Crippen molar-refractivity contribution in [2.24, 2.45) is 28.6 Å². The molecule has 0 bridgehead atoms. The lowest BCUT2D eigenvalue weighted by Gasteiger charge is -2.58. The first kappa shape index (κ1) is 24.3. The van der Waals surface area contributed by atoms with E-state index in [0.717, 1.165) is 43.6 Å². The highest BCUT2D eigenvalue weighted by molar-refractivity contribution is 6.02. The lowest BCUT2D eigenvalue weighted by atomic mass is 9.51. The van der Waals surface area contributed by atoms with Crippen molar-refractivity contribution in [1.29, 1.82) is 0 Å². The van der Waals surface area contributed by atoms with Gasteiger partial charge in [0.1, 0.15) is 0 Å². The summed E-state index contributed by atoms with van der Waals surface area (Å²) in [4.78, 5) is 28.6. The minimum absolute atomic E-state index is 0.00621. The number of aryl methyl sites for hydroxylation is 2. The Bertz CT molecular complexity index is 1050. The first-order valence-electron chi connectivity index (χ1n) is 14.0. The predicted molar refractivity (Wildman–Crippen MR) is 142 cm³/mol. The van der Waals surface area contributed by atoms with Crippen molar-refractivity contribution in [3.63, 3.8) is 0 Å². The monoisotopic (exact) mass is 474 g/mol. The second kappa shape index (κ2) is 9.26. The number of hydrogen-bond donors (Lipinski definition) is 1. The summed E-state index contributed by atoms with van der Waals surface area (Å²) in [6.45, 7) is 9.83. The molecule has 2 saturated carbocycles. The molecule has 0 aromatic heterocycles. The number of likely N-dealkylation sites (tertiary alicyclic amines) is 1. The third-order valence-electron chi connectivity index (χ3n) is 9.85. The molecule has 188 valence electrons. The van der Waals surface area contributed by atoms with Gasteiger partial charge in [-0.2, -0.15) is 0 Å². The molecule has 3 fully saturated rings. The van der Waals surface area contributed by atoms with Crippen LogP contribution in [-0.4, -0.2) is 23.3 Å². The Morgan fingerprint density at radius 2 is 1.77 bits per heavy atom. The van der Waals surface area contributed by atoms with E-state index < -0.39 is 0 Å². The number of anilines is 1. The molecule has 0 unspecified atom stereocenters. The zero-order valence-electron chi connectivity index (χ0n) is 22.0. The molecule has 5 rings (SSSR count). The van der Waals surface area contributed by atoms with E-state index in [4.69, 9.17) is 0 Å². The third-order valence-corrected chi connectivity index (χ3v) is 9.85. The van der Waals surface area contributed by atoms with Crippen molar-refractivity contribution < 1.29 is 9.59 Å². The van der Waals surface area contributed by atoms with Crippen LogP contribution in [0.25, 0.3) is 0 Å². The van der Waals surface area contributed by atoms with E-state index in [1.165, 1.54) is 43.2 Å². The molecule has 1 aromatic rings. The van der Waals surface area contributed by atoms with Gasteiger partial charge < -0.3 is 5.32 Å². The number of urea groups is 1. The zero-order valence-corrected chi connectivity index (χ0v) is 22.0. The number of para-hydroxylation sites is 1. The summed E-state index contributed by atoms with van der Waals surface area (Å²) >= 11 is 0. The molecule has 4 nitrogen and oxygen atoms in total. The fraction of sp³-hybridized carbons (Fsp3) is 0.613. The van der Waals surface area contributed by atoms with E-state index in [2.05, 4.69) is 57.3 Å². The number of carbonyl (C=O) groups excluding carboxylic acids is 2. The predicted octanol–water partition coefficient (Wildman–Crippen LogP) is 7.30. The van der Waals surface area contributed by atoms with Crippen LogP contribution in [-0.2, 0) is 17.6 Å². The van der Waals surface area contributed by atoms with Gasteiger partial charge >= 0.3 is 6.03 Å². The maximum absolute atomic E-state index is 14.1. The number of benzene rings is 1. The van der Waals surface area contributed by atoms with Gasteiger partial charge in [-0.05, 0) is 78.9 Å². The molecule has 1 saturated heterocycles. The summed E-state index contributed by atoms with van der Waals surface area (Å²) in [6, 6.07) is 6.33. The summed E-state index contributed by atoms with van der Waals surface area (Å²) in [5, 5.41) is 3.36. The first-order chi connectivity index (χ1) is 16.8. The van der Waals surface area contributed by atoms with E-state index in [1.807, 2.05) is 4.90 Å². The van der Waals surface area contributed by atoms with Crippen LogP contribution in [0, 0.1) is 28.6 Å². The van der Waals surface area contributed by atoms with Gasteiger partial charge in [0.15, 0.2) is 5.78 Å². The minimum atomic E-state index is -0.271. The van der Waals surface area contributed by atoms with E-state index in [9.17, 15) is 9.59 Å². The molecule has 1 aliphatic heterocycles. The van der Waals surface area contributed by atoms with Crippen molar-refractivity contribution in [1.82, 2.24) is 4.90 Å². The summed E-state index contributed by atoms with van der Waals surface area (Å²) < 4.78 is 0. The van der Waals surface area contributed by atoms with E-state index in [-0.39, 0.29) is 17.2 Å². The number of nitrogens with one attached hydrogen (secondary N) is 1. The molecule has 4 aliphatic rings. The fourth-order valence-corrected chi connectivity index (χ4v) is 8.09. The average molecular weight is 475 g/mol. The number of hydrogen-bond acceptors (Lipinski definition) is 2. The molecule has 2 amide bonds. The number of allylic oxidation sites excluding steroid dienone is 3. The highest BCUT2D eigenvalue weighted by Gasteiger charge is 2.58. The summed E-state index contributed by atoms with van der Waals surface area (Å²) in [5.74, 6) is 1.61. The maximum Gasteiger partial charge on any atom is 0.326 e. The molecule has 5 atom stereocenters. The van der Waals surface area contributed by atoms with Gasteiger partial charge in [0.25, 0.3) is 0 Å². The van der Waals surface area contributed by atoms with Gasteiger partial charge in [-0.15, -0.1) is 0 Å². The van der Waals surface area contributed by atoms with Gasteiger partial charge in [0, 0.05) is 29.4 Å². The van der Waals surface area contributed by atoms with Crippen molar-refractivity contribution in [3.05, 3.63) is 53.3 Å². The van der Waals surface area contributed by atoms with E-state index in [0.29, 0.717) is 23.2 Å². The Kier molecular flexibility index (Phi) is 6.44. The molecule has 4 heteroatoms. The third kappa shape index (κ3) is 4.07. The van der Waals surface area contributed by atoms with Crippen LogP contribution in [0.2, 0.25) is 0 Å². The standard InChI is InChI=1S/C31H42N2O2/c1-5-9-21-11-7-12-22(10-6-2)28(21)32-29(35)33-20-24-25-13-8-16-30(25,3)17-15-26(24)31(4)18-14-23(34)19-27(31)33/h7,11-12,14,18-19,24-26H,5-6,8-10,13,15-17,20H2,1-4H3,(H,32,35)/t24-,25-,26-,30-,31+/m0/s1. The molecule has 35 heavy (non-hydrogen) atoms. The number of rotatable bonds is 5. The topological polar surface area (TPSA) is 49.4 Å².